The third-order valence-corrected chi connectivity index (χ3v) is 6.92. The second kappa shape index (κ2) is 10.9. The number of benzene rings is 3. The molecule has 0 aromatic heterocycles. The molecule has 36 heavy (non-hydrogen) atoms. The number of hydrogen-bond donors (Lipinski definition) is 0. The average molecular weight is 489 g/mol. The molecule has 0 bridgehead atoms. The minimum absolute atomic E-state index is 0.212. The predicted octanol–water partition coefficient (Wildman–Crippen LogP) is 5.52. The summed E-state index contributed by atoms with van der Waals surface area (Å²) in [5.41, 5.74) is 6.11. The zero-order chi connectivity index (χ0) is 25.7. The van der Waals surface area contributed by atoms with Crippen LogP contribution >= 0.6 is 0 Å². The van der Waals surface area contributed by atoms with Crippen LogP contribution in [0.25, 0.3) is 11.1 Å². The van der Waals surface area contributed by atoms with E-state index in [1.165, 1.54) is 11.6 Å². The first kappa shape index (κ1) is 25.3. The minimum atomic E-state index is -0.392. The Kier molecular flexibility index (Phi) is 7.63. The average Bonchev–Trinajstić information content (AvgIpc) is 3.17. The monoisotopic (exact) mass is 488 g/mol. The molecule has 1 spiro atoms. The lowest BCUT2D eigenvalue weighted by Crippen LogP contribution is -2.46. The summed E-state index contributed by atoms with van der Waals surface area (Å²) in [4.78, 5) is 33.0. The molecule has 3 aromatic rings. The molecular weight excluding hydrogens is 459 g/mol. The molecule has 2 heterocycles. The highest BCUT2D eigenvalue weighted by atomic mass is 19.1. The Bertz CT molecular complexity index is 1240. The van der Waals surface area contributed by atoms with Crippen molar-refractivity contribution in [1.29, 1.82) is 0 Å². The Morgan fingerprint density at radius 3 is 2.19 bits per heavy atom. The van der Waals surface area contributed by atoms with Crippen molar-refractivity contribution >= 4 is 17.9 Å². The largest absolute Gasteiger partial charge is 0.441 e. The number of halogens is 1. The molecule has 3 aromatic carbocycles. The number of nitrogens with zero attached hydrogens (tertiary/aromatic N) is 2. The maximum atomic E-state index is 13.7. The number of amides is 1. The van der Waals surface area contributed by atoms with Gasteiger partial charge in [0, 0.05) is 38.2 Å². The van der Waals surface area contributed by atoms with Gasteiger partial charge in [-0.05, 0) is 65.9 Å². The van der Waals surface area contributed by atoms with E-state index in [2.05, 4.69) is 30.9 Å². The van der Waals surface area contributed by atoms with E-state index >= 15 is 0 Å². The molecule has 5 rings (SSSR count). The molecule has 0 unspecified atom stereocenters. The minimum Gasteiger partial charge on any atom is -0.441 e. The summed E-state index contributed by atoms with van der Waals surface area (Å²) >= 11 is 0. The van der Waals surface area contributed by atoms with Gasteiger partial charge in [0.15, 0.2) is 0 Å². The van der Waals surface area contributed by atoms with Crippen LogP contribution in [-0.2, 0) is 20.9 Å². The van der Waals surface area contributed by atoms with Crippen LogP contribution in [-0.4, -0.2) is 42.4 Å². The Morgan fingerprint density at radius 2 is 1.58 bits per heavy atom. The molecule has 0 atom stereocenters. The van der Waals surface area contributed by atoms with Gasteiger partial charge in [-0.2, -0.15) is 9.59 Å². The van der Waals surface area contributed by atoms with E-state index < -0.39 is 5.60 Å². The maximum absolute atomic E-state index is 13.7. The highest BCUT2D eigenvalue weighted by Crippen LogP contribution is 2.36. The van der Waals surface area contributed by atoms with E-state index in [9.17, 15) is 9.18 Å². The van der Waals surface area contributed by atoms with E-state index in [1.54, 1.807) is 17.0 Å². The van der Waals surface area contributed by atoms with Crippen molar-refractivity contribution < 1.29 is 23.5 Å². The van der Waals surface area contributed by atoms with Gasteiger partial charge in [-0.3, -0.25) is 9.80 Å². The van der Waals surface area contributed by atoms with Crippen molar-refractivity contribution in [2.24, 2.45) is 0 Å². The molecule has 7 heteroatoms. The molecule has 6 nitrogen and oxygen atoms in total. The number of piperidine rings is 1. The lowest BCUT2D eigenvalue weighted by Gasteiger charge is -2.37. The molecule has 2 aliphatic rings. The molecule has 2 saturated heterocycles. The fraction of sp³-hybridized carbons (Fsp3) is 0.310. The molecule has 0 radical (unpaired) electrons. The molecule has 1 amide bonds. The summed E-state index contributed by atoms with van der Waals surface area (Å²) in [5.74, 6) is -0.212. The topological polar surface area (TPSA) is 66.9 Å². The predicted molar refractivity (Wildman–Crippen MR) is 134 cm³/mol. The number of carbonyl (C=O) groups excluding carboxylic acids is 3. The summed E-state index contributed by atoms with van der Waals surface area (Å²) in [6.45, 7) is 7.44. The van der Waals surface area contributed by atoms with E-state index in [1.807, 2.05) is 36.4 Å². The van der Waals surface area contributed by atoms with Crippen LogP contribution in [0.1, 0.15) is 29.5 Å². The Balaban J connectivity index is 0.000000967. The second-order valence-corrected chi connectivity index (χ2v) is 9.45. The highest BCUT2D eigenvalue weighted by molar-refractivity contribution is 5.90. The third-order valence-electron chi connectivity index (χ3n) is 6.92. The molecule has 0 saturated carbocycles. The van der Waals surface area contributed by atoms with E-state index in [0.717, 1.165) is 60.4 Å². The first-order chi connectivity index (χ1) is 17.3. The summed E-state index contributed by atoms with van der Waals surface area (Å²) < 4.78 is 19.6. The number of ether oxygens (including phenoxy) is 1. The van der Waals surface area contributed by atoms with Crippen LogP contribution in [0, 0.1) is 19.7 Å². The van der Waals surface area contributed by atoms with Gasteiger partial charge in [-0.15, -0.1) is 0 Å². The number of para-hydroxylation sites is 1. The first-order valence-electron chi connectivity index (χ1n) is 12.0. The van der Waals surface area contributed by atoms with Crippen molar-refractivity contribution in [1.82, 2.24) is 4.90 Å². The molecule has 0 aliphatic carbocycles. The number of carbonyl (C=O) groups is 1. The van der Waals surface area contributed by atoms with Crippen LogP contribution in [0.4, 0.5) is 14.9 Å². The lowest BCUT2D eigenvalue weighted by molar-refractivity contribution is -0.191. The lowest BCUT2D eigenvalue weighted by atomic mass is 9.90. The molecule has 2 fully saturated rings. The van der Waals surface area contributed by atoms with Crippen LogP contribution in [0.5, 0.6) is 0 Å². The number of aryl methyl sites for hydroxylation is 2. The van der Waals surface area contributed by atoms with Crippen molar-refractivity contribution in [3.63, 3.8) is 0 Å². The van der Waals surface area contributed by atoms with Crippen molar-refractivity contribution in [3.05, 3.63) is 89.2 Å². The smallest absolute Gasteiger partial charge is 0.415 e. The van der Waals surface area contributed by atoms with Crippen molar-refractivity contribution in [2.75, 3.05) is 24.5 Å². The number of hydrogen-bond acceptors (Lipinski definition) is 5. The summed E-state index contributed by atoms with van der Waals surface area (Å²) in [7, 11) is 0. The van der Waals surface area contributed by atoms with Crippen molar-refractivity contribution in [3.8, 4) is 11.1 Å². The van der Waals surface area contributed by atoms with E-state index in [0.29, 0.717) is 6.54 Å². The first-order valence-corrected chi connectivity index (χ1v) is 12.0. The van der Waals surface area contributed by atoms with Gasteiger partial charge in [-0.1, -0.05) is 42.5 Å². The quantitative estimate of drug-likeness (QED) is 0.484. The summed E-state index contributed by atoms with van der Waals surface area (Å²) in [6.07, 6.45) is 1.68. The van der Waals surface area contributed by atoms with Gasteiger partial charge in [-0.25, -0.2) is 9.18 Å². The Hall–Kier alpha value is -3.80. The fourth-order valence-corrected chi connectivity index (χ4v) is 5.31. The highest BCUT2D eigenvalue weighted by Gasteiger charge is 2.47. The molecule has 2 aliphatic heterocycles. The summed E-state index contributed by atoms with van der Waals surface area (Å²) in [5, 5.41) is 0. The maximum Gasteiger partial charge on any atom is 0.415 e. The van der Waals surface area contributed by atoms with Gasteiger partial charge in [0.05, 0.1) is 6.54 Å². The van der Waals surface area contributed by atoms with Gasteiger partial charge in [0.2, 0.25) is 0 Å². The second-order valence-electron chi connectivity index (χ2n) is 9.45. The summed E-state index contributed by atoms with van der Waals surface area (Å²) in [6, 6.07) is 21.0. The SMILES string of the molecule is Cc1cc(CN2CCC3(CC2)CN(c2ccccc2)C(=O)O3)cc(C)c1-c1cccc(F)c1.O=C=O. The van der Waals surface area contributed by atoms with Gasteiger partial charge in [0.25, 0.3) is 0 Å². The van der Waals surface area contributed by atoms with Gasteiger partial charge in [0.1, 0.15) is 11.4 Å². The normalized spacial score (nSPS) is 16.8. The van der Waals surface area contributed by atoms with Gasteiger partial charge >= 0.3 is 12.2 Å². The van der Waals surface area contributed by atoms with Crippen LogP contribution in [0.3, 0.4) is 0 Å². The third kappa shape index (κ3) is 5.54. The van der Waals surface area contributed by atoms with Gasteiger partial charge < -0.3 is 4.74 Å². The van der Waals surface area contributed by atoms with E-state index in [-0.39, 0.29) is 18.1 Å². The van der Waals surface area contributed by atoms with Crippen LogP contribution in [0.2, 0.25) is 0 Å². The number of anilines is 1. The zero-order valence-corrected chi connectivity index (χ0v) is 20.5. The zero-order valence-electron chi connectivity index (χ0n) is 20.5. The molecule has 186 valence electrons. The van der Waals surface area contributed by atoms with Crippen LogP contribution < -0.4 is 4.90 Å². The van der Waals surface area contributed by atoms with Crippen LogP contribution in [0.15, 0.2) is 66.7 Å². The van der Waals surface area contributed by atoms with Crippen molar-refractivity contribution in [2.45, 2.75) is 38.8 Å². The Morgan fingerprint density at radius 1 is 0.944 bits per heavy atom. The number of likely N-dealkylation sites (tertiary alicyclic amines) is 1. The molecule has 0 N–H and O–H groups in total. The number of rotatable bonds is 4. The van der Waals surface area contributed by atoms with E-state index in [4.69, 9.17) is 14.3 Å². The standard InChI is InChI=1S/C28H29FN2O2.CO2/c1-20-15-22(16-21(2)26(20)23-7-6-8-24(29)17-23)18-30-13-11-28(12-14-30)19-31(27(32)33-28)25-9-4-3-5-10-25;2-1-3/h3-10,15-17H,11-14,18-19H2,1-2H3;. The fourth-order valence-electron chi connectivity index (χ4n) is 5.31. The molecular formula is C29H29FN2O4. The Labute approximate surface area is 210 Å².